The van der Waals surface area contributed by atoms with E-state index in [0.717, 1.165) is 5.56 Å². The van der Waals surface area contributed by atoms with E-state index in [1.807, 2.05) is 52.0 Å². The number of nitrogens with one attached hydrogen (secondary N) is 2. The van der Waals surface area contributed by atoms with E-state index < -0.39 is 21.2 Å². The number of aryl methyl sites for hydroxylation is 1. The third-order valence-corrected chi connectivity index (χ3v) is 7.73. The van der Waals surface area contributed by atoms with Crippen molar-refractivity contribution >= 4 is 34.5 Å². The number of nitrogens with zero attached hydrogens (tertiary/aromatic N) is 2. The normalized spacial score (nSPS) is 26.9. The minimum Gasteiger partial charge on any atom is -0.325 e. The van der Waals surface area contributed by atoms with Gasteiger partial charge in [-0.2, -0.15) is 5.10 Å². The van der Waals surface area contributed by atoms with Crippen LogP contribution in [0.3, 0.4) is 0 Å². The summed E-state index contributed by atoms with van der Waals surface area (Å²) in [4.78, 5) is 37.6. The molecule has 0 radical (unpaired) electrons. The summed E-state index contributed by atoms with van der Waals surface area (Å²) in [5.74, 6) is -0.567. The van der Waals surface area contributed by atoms with Crippen molar-refractivity contribution in [3.05, 3.63) is 64.2 Å². The first kappa shape index (κ1) is 21.7. The minimum atomic E-state index is -1.21. The number of amides is 1. The lowest BCUT2D eigenvalue weighted by Crippen LogP contribution is -2.47. The summed E-state index contributed by atoms with van der Waals surface area (Å²) in [6, 6.07) is 13.3. The summed E-state index contributed by atoms with van der Waals surface area (Å²) in [7, 11) is 0. The fourth-order valence-corrected chi connectivity index (χ4v) is 5.19. The van der Waals surface area contributed by atoms with Gasteiger partial charge in [-0.15, -0.1) is 0 Å². The van der Waals surface area contributed by atoms with Crippen LogP contribution in [0.2, 0.25) is 0 Å². The van der Waals surface area contributed by atoms with Crippen LogP contribution < -0.4 is 10.7 Å². The van der Waals surface area contributed by atoms with Gasteiger partial charge < -0.3 is 5.32 Å². The second-order valence-electron chi connectivity index (χ2n) is 9.34. The molecule has 0 saturated heterocycles. The zero-order valence-corrected chi connectivity index (χ0v) is 18.6. The van der Waals surface area contributed by atoms with Gasteiger partial charge >= 0.3 is 0 Å². The molecule has 2 bridgehead atoms. The molecule has 4 rings (SSSR count). The number of hydrogen-bond donors (Lipinski definition) is 2. The Bertz CT molecular complexity index is 1150. The summed E-state index contributed by atoms with van der Waals surface area (Å²) < 4.78 is 0. The number of para-hydroxylation sites is 1. The second-order valence-corrected chi connectivity index (χ2v) is 9.34. The first-order chi connectivity index (χ1) is 15.0. The van der Waals surface area contributed by atoms with Gasteiger partial charge in [-0.25, -0.2) is 0 Å². The molecule has 2 saturated carbocycles. The van der Waals surface area contributed by atoms with Gasteiger partial charge in [0.2, 0.25) is 5.91 Å². The predicted octanol–water partition coefficient (Wildman–Crippen LogP) is 4.71. The number of benzene rings is 2. The SMILES string of the molecule is Cc1ccccc1NC(=O)C12CCC(C)(/C(=N/Nc3ccc([N+](=O)[O-])cc3)C1=O)C2(C)C. The maximum atomic E-state index is 13.7. The predicted molar refractivity (Wildman–Crippen MR) is 123 cm³/mol. The van der Waals surface area contributed by atoms with E-state index in [9.17, 15) is 19.7 Å². The molecule has 2 atom stereocenters. The Morgan fingerprint density at radius 3 is 2.34 bits per heavy atom. The molecule has 8 heteroatoms. The number of non-ortho nitro benzene ring substituents is 1. The molecule has 2 aliphatic rings. The van der Waals surface area contributed by atoms with E-state index in [4.69, 9.17) is 0 Å². The minimum absolute atomic E-state index is 0.0286. The van der Waals surface area contributed by atoms with Gasteiger partial charge in [0, 0.05) is 23.2 Å². The van der Waals surface area contributed by atoms with E-state index in [1.54, 1.807) is 0 Å². The molecular weight excluding hydrogens is 408 g/mol. The fourth-order valence-electron chi connectivity index (χ4n) is 5.19. The maximum Gasteiger partial charge on any atom is 0.269 e. The first-order valence-electron chi connectivity index (χ1n) is 10.6. The lowest BCUT2D eigenvalue weighted by Gasteiger charge is -2.37. The smallest absolute Gasteiger partial charge is 0.269 e. The molecule has 2 unspecified atom stereocenters. The van der Waals surface area contributed by atoms with Gasteiger partial charge in [-0.3, -0.25) is 25.1 Å². The average Bonchev–Trinajstić information content (AvgIpc) is 3.03. The van der Waals surface area contributed by atoms with Crippen LogP contribution in [0.5, 0.6) is 0 Å². The topological polar surface area (TPSA) is 114 Å². The molecule has 0 spiro atoms. The number of hydrogen-bond acceptors (Lipinski definition) is 6. The lowest BCUT2D eigenvalue weighted by atomic mass is 9.64. The molecule has 1 amide bonds. The van der Waals surface area contributed by atoms with Crippen LogP contribution in [-0.4, -0.2) is 22.3 Å². The molecule has 0 aromatic heterocycles. The molecule has 0 heterocycles. The van der Waals surface area contributed by atoms with Crippen LogP contribution in [0.4, 0.5) is 17.1 Å². The Kier molecular flexibility index (Phi) is 4.91. The van der Waals surface area contributed by atoms with Gasteiger partial charge in [-0.05, 0) is 48.9 Å². The van der Waals surface area contributed by atoms with Crippen LogP contribution in [-0.2, 0) is 9.59 Å². The van der Waals surface area contributed by atoms with Crippen LogP contribution in [0.25, 0.3) is 0 Å². The van der Waals surface area contributed by atoms with Crippen molar-refractivity contribution in [2.45, 2.75) is 40.5 Å². The number of fused-ring (bicyclic) bond motifs is 2. The fraction of sp³-hybridized carbons (Fsp3) is 0.375. The van der Waals surface area contributed by atoms with Crippen LogP contribution >= 0.6 is 0 Å². The highest BCUT2D eigenvalue weighted by Crippen LogP contribution is 2.69. The van der Waals surface area contributed by atoms with Crippen molar-refractivity contribution in [2.24, 2.45) is 21.3 Å². The van der Waals surface area contributed by atoms with Gasteiger partial charge in [0.15, 0.2) is 5.78 Å². The highest BCUT2D eigenvalue weighted by molar-refractivity contribution is 6.51. The van der Waals surface area contributed by atoms with Crippen molar-refractivity contribution in [3.63, 3.8) is 0 Å². The zero-order valence-electron chi connectivity index (χ0n) is 18.6. The van der Waals surface area contributed by atoms with Crippen molar-refractivity contribution < 1.29 is 14.5 Å². The lowest BCUT2D eigenvalue weighted by molar-refractivity contribution is -0.384. The number of rotatable bonds is 5. The molecule has 32 heavy (non-hydrogen) atoms. The van der Waals surface area contributed by atoms with Crippen LogP contribution in [0.15, 0.2) is 53.6 Å². The largest absolute Gasteiger partial charge is 0.325 e. The Hall–Kier alpha value is -3.55. The second kappa shape index (κ2) is 7.25. The standard InChI is InChI=1S/C24H26N4O4/c1-15-7-5-6-8-18(15)25-21(30)24-14-13-23(4,22(24,2)3)19(20(24)29)27-26-16-9-11-17(12-10-16)28(31)32/h5-12,26H,13-14H2,1-4H3,(H,25,30)/b27-19+. The third-order valence-electron chi connectivity index (χ3n) is 7.73. The summed E-state index contributed by atoms with van der Waals surface area (Å²) in [5, 5.41) is 18.3. The summed E-state index contributed by atoms with van der Waals surface area (Å²) in [6.45, 7) is 7.82. The molecule has 2 aromatic rings. The number of nitro benzene ring substituents is 1. The van der Waals surface area contributed by atoms with E-state index in [0.29, 0.717) is 29.9 Å². The van der Waals surface area contributed by atoms with Gasteiger partial charge in [0.05, 0.1) is 10.6 Å². The average molecular weight is 434 g/mol. The third kappa shape index (κ3) is 2.86. The van der Waals surface area contributed by atoms with Crippen LogP contribution in [0.1, 0.15) is 39.2 Å². The van der Waals surface area contributed by atoms with Gasteiger partial charge in [0.1, 0.15) is 11.1 Å². The zero-order chi connectivity index (χ0) is 23.3. The summed E-state index contributed by atoms with van der Waals surface area (Å²) >= 11 is 0. The monoisotopic (exact) mass is 434 g/mol. The number of nitro groups is 1. The summed E-state index contributed by atoms with van der Waals surface area (Å²) in [6.07, 6.45) is 1.12. The Morgan fingerprint density at radius 2 is 1.72 bits per heavy atom. The van der Waals surface area contributed by atoms with E-state index in [1.165, 1.54) is 24.3 Å². The Morgan fingerprint density at radius 1 is 1.06 bits per heavy atom. The highest BCUT2D eigenvalue weighted by atomic mass is 16.6. The number of carbonyl (C=O) groups is 2. The molecule has 8 nitrogen and oxygen atoms in total. The quantitative estimate of drug-likeness (QED) is 0.402. The molecular formula is C24H26N4O4. The molecule has 2 aromatic carbocycles. The van der Waals surface area contributed by atoms with E-state index >= 15 is 0 Å². The Labute approximate surface area is 186 Å². The maximum absolute atomic E-state index is 13.7. The number of Topliss-reactive ketones (excluding diaryl/α,β-unsaturated/α-hetero) is 1. The van der Waals surface area contributed by atoms with Crippen molar-refractivity contribution in [1.29, 1.82) is 0 Å². The molecule has 2 aliphatic carbocycles. The molecule has 0 aliphatic heterocycles. The number of hydrazone groups is 1. The van der Waals surface area contributed by atoms with Crippen LogP contribution in [0, 0.1) is 33.3 Å². The van der Waals surface area contributed by atoms with Gasteiger partial charge in [-0.1, -0.05) is 39.0 Å². The Balaban J connectivity index is 1.66. The van der Waals surface area contributed by atoms with E-state index in [-0.39, 0.29) is 17.4 Å². The van der Waals surface area contributed by atoms with Crippen molar-refractivity contribution in [2.75, 3.05) is 10.7 Å². The van der Waals surface area contributed by atoms with Crippen molar-refractivity contribution in [3.8, 4) is 0 Å². The molecule has 2 fully saturated rings. The van der Waals surface area contributed by atoms with Gasteiger partial charge in [0.25, 0.3) is 5.69 Å². The molecule has 166 valence electrons. The highest BCUT2D eigenvalue weighted by Gasteiger charge is 2.76. The first-order valence-corrected chi connectivity index (χ1v) is 10.6. The number of ketones is 1. The number of carbonyl (C=O) groups excluding carboxylic acids is 2. The number of anilines is 2. The molecule has 2 N–H and O–H groups in total. The van der Waals surface area contributed by atoms with Crippen molar-refractivity contribution in [1.82, 2.24) is 0 Å². The van der Waals surface area contributed by atoms with E-state index in [2.05, 4.69) is 15.8 Å². The summed E-state index contributed by atoms with van der Waals surface area (Å²) in [5.41, 5.74) is 2.89.